The van der Waals surface area contributed by atoms with Gasteiger partial charge in [-0.3, -0.25) is 4.65 Å². The summed E-state index contributed by atoms with van der Waals surface area (Å²) >= 11 is 0. The highest BCUT2D eigenvalue weighted by atomic mass is 16.7. The van der Waals surface area contributed by atoms with E-state index in [0.29, 0.717) is 13.1 Å². The average Bonchev–Trinajstić information content (AvgIpc) is 2.02. The van der Waals surface area contributed by atoms with Crippen LogP contribution in [0.1, 0.15) is 40.0 Å². The molecule has 0 aromatic rings. The Morgan fingerprint density at radius 1 is 1.21 bits per heavy atom. The van der Waals surface area contributed by atoms with E-state index in [1.54, 1.807) is 20.8 Å². The van der Waals surface area contributed by atoms with Crippen LogP contribution in [0.25, 0.3) is 0 Å². The Labute approximate surface area is 85.0 Å². The van der Waals surface area contributed by atoms with Gasteiger partial charge in [0.2, 0.25) is 0 Å². The number of likely N-dealkylation sites (tertiary alicyclic amines) is 1. The summed E-state index contributed by atoms with van der Waals surface area (Å²) in [6.07, 6.45) is 2.06. The first-order valence-corrected chi connectivity index (χ1v) is 5.15. The Hall–Kier alpha value is -0.610. The van der Waals surface area contributed by atoms with Gasteiger partial charge in [-0.05, 0) is 40.0 Å². The number of hydrogen-bond acceptors (Lipinski definition) is 3. The Balaban J connectivity index is 2.58. The van der Waals surface area contributed by atoms with Gasteiger partial charge in [-0.25, -0.2) is 0 Å². The van der Waals surface area contributed by atoms with Gasteiger partial charge < -0.3 is 9.94 Å². The molecule has 0 atom stereocenters. The zero-order valence-corrected chi connectivity index (χ0v) is 9.21. The van der Waals surface area contributed by atoms with Gasteiger partial charge in [-0.15, -0.1) is 0 Å². The second-order valence-corrected chi connectivity index (χ2v) is 4.88. The summed E-state index contributed by atoms with van der Waals surface area (Å²) in [4.78, 5) is 11.6. The molecule has 82 valence electrons. The van der Waals surface area contributed by atoms with Crippen molar-refractivity contribution in [3.63, 3.8) is 0 Å². The average molecular weight is 201 g/mol. The van der Waals surface area contributed by atoms with Crippen LogP contribution in [0, 0.1) is 5.21 Å². The van der Waals surface area contributed by atoms with Gasteiger partial charge in [-0.2, -0.15) is 4.79 Å². The van der Waals surface area contributed by atoms with Crippen LogP contribution in [-0.2, 0) is 4.74 Å². The van der Waals surface area contributed by atoms with Crippen molar-refractivity contribution in [3.8, 4) is 0 Å². The molecule has 1 aliphatic heterocycles. The lowest BCUT2D eigenvalue weighted by Gasteiger charge is -2.42. The molecule has 14 heavy (non-hydrogen) atoms. The minimum Gasteiger partial charge on any atom is -0.622 e. The first kappa shape index (κ1) is 11.5. The number of piperidine rings is 1. The van der Waals surface area contributed by atoms with Crippen LogP contribution < -0.4 is 0 Å². The largest absolute Gasteiger partial charge is 0.622 e. The van der Waals surface area contributed by atoms with E-state index in [2.05, 4.69) is 0 Å². The number of carbonyl (C=O) groups excluding carboxylic acids is 1. The molecule has 1 aliphatic rings. The van der Waals surface area contributed by atoms with Gasteiger partial charge >= 0.3 is 6.09 Å². The Bertz CT molecular complexity index is 214. The summed E-state index contributed by atoms with van der Waals surface area (Å²) in [5.74, 6) is 0. The van der Waals surface area contributed by atoms with Gasteiger partial charge in [0.15, 0.2) is 0 Å². The minimum absolute atomic E-state index is 0.370. The van der Waals surface area contributed by atoms with Gasteiger partial charge in [-0.1, -0.05) is 0 Å². The number of hydrogen-bond donors (Lipinski definition) is 0. The first-order valence-electron chi connectivity index (χ1n) is 5.15. The van der Waals surface area contributed by atoms with E-state index < -0.39 is 16.3 Å². The molecule has 0 radical (unpaired) electrons. The van der Waals surface area contributed by atoms with Crippen molar-refractivity contribution < 1.29 is 14.2 Å². The number of hydroxylamine groups is 3. The third-order valence-corrected chi connectivity index (χ3v) is 2.26. The molecular weight excluding hydrogens is 182 g/mol. The SMILES string of the molecule is CC(C)(C)OC(=O)[N+]1([O-])CCCCC1. The number of nitrogens with zero attached hydrogens (tertiary/aromatic N) is 1. The quantitative estimate of drug-likeness (QED) is 0.446. The molecule has 0 unspecified atom stereocenters. The summed E-state index contributed by atoms with van der Waals surface area (Å²) in [5.41, 5.74) is -0.565. The number of carbonyl (C=O) groups is 1. The van der Waals surface area contributed by atoms with E-state index in [-0.39, 0.29) is 0 Å². The molecular formula is C10H19NO3. The number of amides is 1. The van der Waals surface area contributed by atoms with Crippen LogP contribution in [0.5, 0.6) is 0 Å². The molecule has 4 heteroatoms. The van der Waals surface area contributed by atoms with Crippen molar-refractivity contribution in [1.82, 2.24) is 0 Å². The van der Waals surface area contributed by atoms with Crippen LogP contribution in [0.15, 0.2) is 0 Å². The molecule has 0 bridgehead atoms. The molecule has 0 aromatic heterocycles. The second kappa shape index (κ2) is 3.87. The highest BCUT2D eigenvalue weighted by molar-refractivity contribution is 5.60. The number of rotatable bonds is 0. The van der Waals surface area contributed by atoms with Crippen molar-refractivity contribution >= 4 is 6.09 Å². The standard InChI is InChI=1S/C10H19NO3/c1-10(2,3)14-9(12)11(13)7-5-4-6-8-11/h4-8H2,1-3H3. The second-order valence-electron chi connectivity index (χ2n) is 4.88. The van der Waals surface area contributed by atoms with Crippen molar-refractivity contribution in [1.29, 1.82) is 0 Å². The zero-order valence-electron chi connectivity index (χ0n) is 9.21. The zero-order chi connectivity index (χ0) is 10.8. The Morgan fingerprint density at radius 2 is 1.71 bits per heavy atom. The summed E-state index contributed by atoms with van der Waals surface area (Å²) in [6.45, 7) is 6.08. The lowest BCUT2D eigenvalue weighted by Crippen LogP contribution is -2.52. The maximum Gasteiger partial charge on any atom is 0.516 e. The van der Waals surface area contributed by atoms with Crippen molar-refractivity contribution in [2.75, 3.05) is 13.1 Å². The first-order chi connectivity index (χ1) is 6.33. The summed E-state index contributed by atoms with van der Waals surface area (Å²) in [7, 11) is 0. The Kier molecular flexibility index (Phi) is 3.17. The molecule has 1 heterocycles. The van der Waals surface area contributed by atoms with Gasteiger partial charge in [0, 0.05) is 0 Å². The molecule has 0 aromatic carbocycles. The predicted molar refractivity (Wildman–Crippen MR) is 53.4 cm³/mol. The third kappa shape index (κ3) is 2.96. The van der Waals surface area contributed by atoms with Gasteiger partial charge in [0.05, 0.1) is 13.1 Å². The summed E-state index contributed by atoms with van der Waals surface area (Å²) in [6, 6.07) is 0. The molecule has 1 amide bonds. The van der Waals surface area contributed by atoms with Crippen molar-refractivity contribution in [2.24, 2.45) is 0 Å². The number of ether oxygens (including phenoxy) is 1. The number of quaternary nitrogens is 1. The summed E-state index contributed by atoms with van der Waals surface area (Å²) < 4.78 is 4.31. The molecule has 0 aliphatic carbocycles. The van der Waals surface area contributed by atoms with E-state index in [1.165, 1.54) is 0 Å². The van der Waals surface area contributed by atoms with E-state index in [4.69, 9.17) is 4.74 Å². The third-order valence-electron chi connectivity index (χ3n) is 2.26. The summed E-state index contributed by atoms with van der Waals surface area (Å²) in [5, 5.41) is 12.0. The molecule has 4 nitrogen and oxygen atoms in total. The highest BCUT2D eigenvalue weighted by Crippen LogP contribution is 2.21. The maximum atomic E-state index is 12.0. The van der Waals surface area contributed by atoms with E-state index >= 15 is 0 Å². The smallest absolute Gasteiger partial charge is 0.516 e. The monoisotopic (exact) mass is 201 g/mol. The lowest BCUT2D eigenvalue weighted by molar-refractivity contribution is -0.814. The fourth-order valence-corrected chi connectivity index (χ4v) is 1.55. The predicted octanol–water partition coefficient (Wildman–Crippen LogP) is 2.42. The van der Waals surface area contributed by atoms with Crippen LogP contribution in [-0.4, -0.2) is 29.4 Å². The van der Waals surface area contributed by atoms with Crippen molar-refractivity contribution in [3.05, 3.63) is 5.21 Å². The molecule has 0 spiro atoms. The van der Waals surface area contributed by atoms with E-state index in [1.807, 2.05) is 0 Å². The fourth-order valence-electron chi connectivity index (χ4n) is 1.55. The minimum atomic E-state index is -0.794. The topological polar surface area (TPSA) is 49.4 Å². The van der Waals surface area contributed by atoms with Crippen molar-refractivity contribution in [2.45, 2.75) is 45.6 Å². The lowest BCUT2D eigenvalue weighted by atomic mass is 10.1. The van der Waals surface area contributed by atoms with Crippen LogP contribution in [0.2, 0.25) is 0 Å². The van der Waals surface area contributed by atoms with Crippen LogP contribution >= 0.6 is 0 Å². The van der Waals surface area contributed by atoms with Gasteiger partial charge in [0.25, 0.3) is 0 Å². The van der Waals surface area contributed by atoms with E-state index in [0.717, 1.165) is 19.3 Å². The van der Waals surface area contributed by atoms with Gasteiger partial charge in [0.1, 0.15) is 5.60 Å². The Morgan fingerprint density at radius 3 is 2.14 bits per heavy atom. The fraction of sp³-hybridized carbons (Fsp3) is 0.900. The highest BCUT2D eigenvalue weighted by Gasteiger charge is 2.34. The molecule has 1 fully saturated rings. The molecule has 1 rings (SSSR count). The normalized spacial score (nSPS) is 21.7. The van der Waals surface area contributed by atoms with E-state index in [9.17, 15) is 10.0 Å². The molecule has 0 N–H and O–H groups in total. The van der Waals surface area contributed by atoms with Crippen LogP contribution in [0.4, 0.5) is 4.79 Å². The molecule has 0 saturated carbocycles. The molecule has 1 saturated heterocycles. The maximum absolute atomic E-state index is 12.0. The van der Waals surface area contributed by atoms with Crippen LogP contribution in [0.3, 0.4) is 0 Å².